The first-order chi connectivity index (χ1) is 9.03. The quantitative estimate of drug-likeness (QED) is 0.841. The van der Waals surface area contributed by atoms with Crippen LogP contribution >= 0.6 is 0 Å². The van der Waals surface area contributed by atoms with E-state index in [4.69, 9.17) is 4.74 Å². The van der Waals surface area contributed by atoms with Gasteiger partial charge in [-0.2, -0.15) is 0 Å². The largest absolute Gasteiger partial charge is 0.377 e. The van der Waals surface area contributed by atoms with Crippen molar-refractivity contribution in [3.8, 4) is 0 Å². The van der Waals surface area contributed by atoms with Crippen molar-refractivity contribution < 1.29 is 13.2 Å². The molecule has 1 aliphatic rings. The lowest BCUT2D eigenvalue weighted by molar-refractivity contribution is 0.117. The van der Waals surface area contributed by atoms with Crippen LogP contribution in [0.1, 0.15) is 18.9 Å². The van der Waals surface area contributed by atoms with Gasteiger partial charge in [0.15, 0.2) is 0 Å². The Bertz CT molecular complexity index is 513. The maximum Gasteiger partial charge on any atom is 0.240 e. The standard InChI is InChI=1S/C13H20N2O3S/c1-10-13(7-8-18-10)15-19(16,17)12-5-3-11(4-6-12)9-14-2/h3-6,10,13-15H,7-9H2,1-2H3. The molecule has 1 heterocycles. The van der Waals surface area contributed by atoms with Gasteiger partial charge in [-0.3, -0.25) is 0 Å². The lowest BCUT2D eigenvalue weighted by atomic mass is 10.2. The van der Waals surface area contributed by atoms with Gasteiger partial charge in [0.25, 0.3) is 0 Å². The molecular formula is C13H20N2O3S. The maximum atomic E-state index is 12.2. The first-order valence-electron chi connectivity index (χ1n) is 6.40. The van der Waals surface area contributed by atoms with Crippen molar-refractivity contribution in [3.63, 3.8) is 0 Å². The zero-order valence-corrected chi connectivity index (χ0v) is 12.0. The van der Waals surface area contributed by atoms with Gasteiger partial charge < -0.3 is 10.1 Å². The summed E-state index contributed by atoms with van der Waals surface area (Å²) in [6, 6.07) is 6.77. The van der Waals surface area contributed by atoms with Crippen LogP contribution in [0.3, 0.4) is 0 Å². The van der Waals surface area contributed by atoms with Crippen LogP contribution in [0.15, 0.2) is 29.2 Å². The molecule has 1 aliphatic heterocycles. The molecule has 19 heavy (non-hydrogen) atoms. The van der Waals surface area contributed by atoms with Gasteiger partial charge in [0.05, 0.1) is 17.0 Å². The fourth-order valence-electron chi connectivity index (χ4n) is 2.14. The molecule has 106 valence electrons. The number of hydrogen-bond donors (Lipinski definition) is 2. The summed E-state index contributed by atoms with van der Waals surface area (Å²) >= 11 is 0. The molecule has 2 rings (SSSR count). The average Bonchev–Trinajstić information content (AvgIpc) is 2.75. The van der Waals surface area contributed by atoms with Crippen LogP contribution in [0, 0.1) is 0 Å². The maximum absolute atomic E-state index is 12.2. The Hall–Kier alpha value is -0.950. The van der Waals surface area contributed by atoms with E-state index >= 15 is 0 Å². The SMILES string of the molecule is CNCc1ccc(S(=O)(=O)NC2CCOC2C)cc1. The topological polar surface area (TPSA) is 67.4 Å². The van der Waals surface area contributed by atoms with Crippen LogP contribution < -0.4 is 10.0 Å². The fraction of sp³-hybridized carbons (Fsp3) is 0.538. The monoisotopic (exact) mass is 284 g/mol. The van der Waals surface area contributed by atoms with Gasteiger partial charge in [0, 0.05) is 13.2 Å². The second-order valence-corrected chi connectivity index (χ2v) is 6.48. The van der Waals surface area contributed by atoms with Crippen molar-refractivity contribution in [3.05, 3.63) is 29.8 Å². The molecule has 6 heteroatoms. The predicted octanol–water partition coefficient (Wildman–Crippen LogP) is 0.862. The summed E-state index contributed by atoms with van der Waals surface area (Å²) in [6.07, 6.45) is 0.649. The fourth-order valence-corrected chi connectivity index (χ4v) is 3.48. The highest BCUT2D eigenvalue weighted by Crippen LogP contribution is 2.17. The normalized spacial score (nSPS) is 23.7. The summed E-state index contributed by atoms with van der Waals surface area (Å²) in [6.45, 7) is 3.22. The zero-order chi connectivity index (χ0) is 13.9. The third-order valence-corrected chi connectivity index (χ3v) is 4.80. The van der Waals surface area contributed by atoms with Gasteiger partial charge in [-0.1, -0.05) is 12.1 Å². The predicted molar refractivity (Wildman–Crippen MR) is 73.3 cm³/mol. The Morgan fingerprint density at radius 2 is 2.00 bits per heavy atom. The molecule has 1 aromatic rings. The molecule has 2 atom stereocenters. The molecule has 1 saturated heterocycles. The number of nitrogens with one attached hydrogen (secondary N) is 2. The molecule has 0 saturated carbocycles. The van der Waals surface area contributed by atoms with E-state index in [1.165, 1.54) is 0 Å². The number of sulfonamides is 1. The van der Waals surface area contributed by atoms with E-state index in [0.29, 0.717) is 11.5 Å². The Balaban J connectivity index is 2.10. The lowest BCUT2D eigenvalue weighted by Crippen LogP contribution is -2.39. The third-order valence-electron chi connectivity index (χ3n) is 3.30. The summed E-state index contributed by atoms with van der Waals surface area (Å²) in [4.78, 5) is 0.298. The minimum Gasteiger partial charge on any atom is -0.377 e. The highest BCUT2D eigenvalue weighted by Gasteiger charge is 2.29. The number of hydrogen-bond acceptors (Lipinski definition) is 4. The number of benzene rings is 1. The molecule has 2 N–H and O–H groups in total. The van der Waals surface area contributed by atoms with E-state index in [1.807, 2.05) is 26.1 Å². The minimum atomic E-state index is -3.46. The molecule has 0 aliphatic carbocycles. The van der Waals surface area contributed by atoms with Gasteiger partial charge >= 0.3 is 0 Å². The van der Waals surface area contributed by atoms with Crippen molar-refractivity contribution in [2.24, 2.45) is 0 Å². The first kappa shape index (κ1) is 14.5. The molecule has 1 fully saturated rings. The third kappa shape index (κ3) is 3.54. The Kier molecular flexibility index (Phi) is 4.57. The first-order valence-corrected chi connectivity index (χ1v) is 7.89. The average molecular weight is 284 g/mol. The number of ether oxygens (including phenoxy) is 1. The zero-order valence-electron chi connectivity index (χ0n) is 11.2. The van der Waals surface area contributed by atoms with Crippen LogP contribution in [-0.4, -0.2) is 34.2 Å². The minimum absolute atomic E-state index is 0.0710. The van der Waals surface area contributed by atoms with E-state index < -0.39 is 10.0 Å². The summed E-state index contributed by atoms with van der Waals surface area (Å²) in [5, 5.41) is 3.03. The smallest absolute Gasteiger partial charge is 0.240 e. The van der Waals surface area contributed by atoms with Crippen molar-refractivity contribution in [2.75, 3.05) is 13.7 Å². The van der Waals surface area contributed by atoms with Gasteiger partial charge in [0.2, 0.25) is 10.0 Å². The summed E-state index contributed by atoms with van der Waals surface area (Å²) < 4.78 is 32.5. The van der Waals surface area contributed by atoms with Gasteiger partial charge in [-0.25, -0.2) is 13.1 Å². The van der Waals surface area contributed by atoms with Crippen molar-refractivity contribution in [1.29, 1.82) is 0 Å². The summed E-state index contributed by atoms with van der Waals surface area (Å²) in [7, 11) is -1.60. The van der Waals surface area contributed by atoms with Crippen molar-refractivity contribution >= 4 is 10.0 Å². The molecular weight excluding hydrogens is 264 g/mol. The van der Waals surface area contributed by atoms with Crippen molar-refractivity contribution in [2.45, 2.75) is 36.9 Å². The Labute approximate surface area is 114 Å². The van der Waals surface area contributed by atoms with E-state index in [0.717, 1.165) is 18.5 Å². The van der Waals surface area contributed by atoms with Crippen LogP contribution in [-0.2, 0) is 21.3 Å². The van der Waals surface area contributed by atoms with Gasteiger partial charge in [-0.05, 0) is 38.1 Å². The highest BCUT2D eigenvalue weighted by atomic mass is 32.2. The molecule has 1 aromatic carbocycles. The molecule has 2 unspecified atom stereocenters. The molecule has 0 amide bonds. The van der Waals surface area contributed by atoms with E-state index in [2.05, 4.69) is 10.0 Å². The Morgan fingerprint density at radius 1 is 1.32 bits per heavy atom. The summed E-state index contributed by atoms with van der Waals surface area (Å²) in [5.74, 6) is 0. The van der Waals surface area contributed by atoms with Gasteiger partial charge in [-0.15, -0.1) is 0 Å². The lowest BCUT2D eigenvalue weighted by Gasteiger charge is -2.16. The summed E-state index contributed by atoms with van der Waals surface area (Å²) in [5.41, 5.74) is 1.05. The van der Waals surface area contributed by atoms with E-state index in [-0.39, 0.29) is 12.1 Å². The molecule has 0 aromatic heterocycles. The van der Waals surface area contributed by atoms with Crippen LogP contribution in [0.25, 0.3) is 0 Å². The molecule has 0 radical (unpaired) electrons. The number of rotatable bonds is 5. The van der Waals surface area contributed by atoms with Crippen molar-refractivity contribution in [1.82, 2.24) is 10.0 Å². The van der Waals surface area contributed by atoms with E-state index in [9.17, 15) is 8.42 Å². The van der Waals surface area contributed by atoms with E-state index in [1.54, 1.807) is 12.1 Å². The second kappa shape index (κ2) is 6.00. The van der Waals surface area contributed by atoms with Gasteiger partial charge in [0.1, 0.15) is 0 Å². The van der Waals surface area contributed by atoms with Crippen LogP contribution in [0.4, 0.5) is 0 Å². The van der Waals surface area contributed by atoms with Crippen LogP contribution in [0.5, 0.6) is 0 Å². The van der Waals surface area contributed by atoms with Crippen LogP contribution in [0.2, 0.25) is 0 Å². The molecule has 0 spiro atoms. The Morgan fingerprint density at radius 3 is 2.53 bits per heavy atom. The molecule has 5 nitrogen and oxygen atoms in total. The highest BCUT2D eigenvalue weighted by molar-refractivity contribution is 7.89. The second-order valence-electron chi connectivity index (χ2n) is 4.77. The molecule has 0 bridgehead atoms.